The molecule has 0 aliphatic carbocycles. The van der Waals surface area contributed by atoms with E-state index in [2.05, 4.69) is 18.7 Å². The van der Waals surface area contributed by atoms with Crippen LogP contribution >= 0.6 is 11.6 Å². The molecule has 1 heterocycles. The van der Waals surface area contributed by atoms with Crippen molar-refractivity contribution in [3.63, 3.8) is 0 Å². The lowest BCUT2D eigenvalue weighted by Gasteiger charge is -2.26. The van der Waals surface area contributed by atoms with Gasteiger partial charge < -0.3 is 9.47 Å². The smallest absolute Gasteiger partial charge is 0.125 e. The minimum atomic E-state index is 0.783. The number of aryl methyl sites for hydroxylation is 2. The first kappa shape index (κ1) is 17.6. The number of halogens is 1. The monoisotopic (exact) mass is 325 g/mol. The number of unbranched alkanes of at least 4 members (excludes halogenated alkanes) is 3. The Labute approximate surface area is 139 Å². The summed E-state index contributed by atoms with van der Waals surface area (Å²) in [5, 5.41) is 0.783. The highest BCUT2D eigenvalue weighted by molar-refractivity contribution is 6.30. The lowest BCUT2D eigenvalue weighted by atomic mass is 10.1. The molecule has 1 aromatic carbocycles. The summed E-state index contributed by atoms with van der Waals surface area (Å²) in [5.41, 5.74) is 2.25. The summed E-state index contributed by atoms with van der Waals surface area (Å²) in [6, 6.07) is 3.93. The van der Waals surface area contributed by atoms with Gasteiger partial charge in [-0.2, -0.15) is 0 Å². The van der Waals surface area contributed by atoms with E-state index in [-0.39, 0.29) is 0 Å². The van der Waals surface area contributed by atoms with Crippen LogP contribution in [0.1, 0.15) is 36.8 Å². The SMILES string of the molecule is Cc1cc(Cl)cc(C)c1OCCCCCCN1CCOCC1. The Kier molecular flexibility index (Phi) is 7.50. The minimum Gasteiger partial charge on any atom is -0.493 e. The normalized spacial score (nSPS) is 16.0. The maximum absolute atomic E-state index is 6.04. The van der Waals surface area contributed by atoms with Crippen LogP contribution in [0.25, 0.3) is 0 Å². The topological polar surface area (TPSA) is 21.7 Å². The Morgan fingerprint density at radius 3 is 2.36 bits per heavy atom. The van der Waals surface area contributed by atoms with E-state index in [1.165, 1.54) is 25.8 Å². The highest BCUT2D eigenvalue weighted by Crippen LogP contribution is 2.27. The van der Waals surface area contributed by atoms with E-state index in [9.17, 15) is 0 Å². The molecule has 0 saturated carbocycles. The molecule has 22 heavy (non-hydrogen) atoms. The van der Waals surface area contributed by atoms with Crippen molar-refractivity contribution in [1.29, 1.82) is 0 Å². The van der Waals surface area contributed by atoms with Gasteiger partial charge >= 0.3 is 0 Å². The Hall–Kier alpha value is -0.770. The van der Waals surface area contributed by atoms with Crippen LogP contribution in [0, 0.1) is 13.8 Å². The third-order valence-corrected chi connectivity index (χ3v) is 4.36. The molecule has 0 N–H and O–H groups in total. The van der Waals surface area contributed by atoms with Crippen molar-refractivity contribution in [1.82, 2.24) is 4.90 Å². The van der Waals surface area contributed by atoms with Crippen molar-refractivity contribution in [3.05, 3.63) is 28.3 Å². The third-order valence-electron chi connectivity index (χ3n) is 4.14. The molecule has 0 atom stereocenters. The summed E-state index contributed by atoms with van der Waals surface area (Å²) in [5.74, 6) is 0.998. The molecule has 1 aliphatic rings. The van der Waals surface area contributed by atoms with Crippen LogP contribution < -0.4 is 4.74 Å². The second kappa shape index (κ2) is 9.39. The average Bonchev–Trinajstić information content (AvgIpc) is 2.49. The summed E-state index contributed by atoms with van der Waals surface area (Å²) < 4.78 is 11.3. The Morgan fingerprint density at radius 1 is 1.05 bits per heavy atom. The van der Waals surface area contributed by atoms with Gasteiger partial charge in [0.15, 0.2) is 0 Å². The zero-order valence-corrected chi connectivity index (χ0v) is 14.6. The average molecular weight is 326 g/mol. The zero-order chi connectivity index (χ0) is 15.8. The summed E-state index contributed by atoms with van der Waals surface area (Å²) in [6.07, 6.45) is 4.90. The van der Waals surface area contributed by atoms with Crippen LogP contribution in [-0.4, -0.2) is 44.4 Å². The number of rotatable bonds is 8. The van der Waals surface area contributed by atoms with Gasteiger partial charge in [-0.05, 0) is 56.5 Å². The van der Waals surface area contributed by atoms with Gasteiger partial charge in [0, 0.05) is 18.1 Å². The van der Waals surface area contributed by atoms with Gasteiger partial charge in [-0.3, -0.25) is 4.90 Å². The molecular formula is C18H28ClNO2. The second-order valence-electron chi connectivity index (χ2n) is 6.09. The molecule has 0 unspecified atom stereocenters. The van der Waals surface area contributed by atoms with Gasteiger partial charge in [-0.1, -0.05) is 24.4 Å². The van der Waals surface area contributed by atoms with E-state index < -0.39 is 0 Å². The number of morpholine rings is 1. The summed E-state index contributed by atoms with van der Waals surface area (Å²) in [7, 11) is 0. The molecule has 124 valence electrons. The Morgan fingerprint density at radius 2 is 1.68 bits per heavy atom. The number of benzene rings is 1. The molecule has 0 radical (unpaired) electrons. The molecule has 0 aromatic heterocycles. The molecule has 3 nitrogen and oxygen atoms in total. The number of hydrogen-bond donors (Lipinski definition) is 0. The maximum atomic E-state index is 6.04. The van der Waals surface area contributed by atoms with Crippen LogP contribution in [0.5, 0.6) is 5.75 Å². The van der Waals surface area contributed by atoms with Crippen LogP contribution in [0.2, 0.25) is 5.02 Å². The van der Waals surface area contributed by atoms with Crippen molar-refractivity contribution >= 4 is 11.6 Å². The Bertz CT molecular complexity index is 435. The highest BCUT2D eigenvalue weighted by Gasteiger charge is 2.09. The van der Waals surface area contributed by atoms with Gasteiger partial charge in [-0.25, -0.2) is 0 Å². The van der Waals surface area contributed by atoms with E-state index in [0.29, 0.717) is 0 Å². The molecule has 1 saturated heterocycles. The third kappa shape index (κ3) is 5.79. The molecule has 2 rings (SSSR count). The fourth-order valence-corrected chi connectivity index (χ4v) is 3.24. The quantitative estimate of drug-likeness (QED) is 0.668. The fraction of sp³-hybridized carbons (Fsp3) is 0.667. The fourth-order valence-electron chi connectivity index (χ4n) is 2.92. The van der Waals surface area contributed by atoms with Gasteiger partial charge in [0.1, 0.15) is 5.75 Å². The highest BCUT2D eigenvalue weighted by atomic mass is 35.5. The summed E-state index contributed by atoms with van der Waals surface area (Å²) in [4.78, 5) is 2.50. The summed E-state index contributed by atoms with van der Waals surface area (Å²) >= 11 is 6.04. The molecule has 1 aromatic rings. The number of ether oxygens (including phenoxy) is 2. The lowest BCUT2D eigenvalue weighted by Crippen LogP contribution is -2.36. The molecule has 0 amide bonds. The van der Waals surface area contributed by atoms with Crippen LogP contribution in [0.3, 0.4) is 0 Å². The lowest BCUT2D eigenvalue weighted by molar-refractivity contribution is 0.0371. The predicted molar refractivity (Wildman–Crippen MR) is 92.1 cm³/mol. The molecule has 0 bridgehead atoms. The van der Waals surface area contributed by atoms with Crippen LogP contribution in [-0.2, 0) is 4.74 Å². The second-order valence-corrected chi connectivity index (χ2v) is 6.52. The van der Waals surface area contributed by atoms with Gasteiger partial charge in [0.2, 0.25) is 0 Å². The van der Waals surface area contributed by atoms with E-state index in [4.69, 9.17) is 21.1 Å². The molecule has 1 aliphatic heterocycles. The van der Waals surface area contributed by atoms with Crippen molar-refractivity contribution in [2.75, 3.05) is 39.5 Å². The van der Waals surface area contributed by atoms with E-state index in [1.54, 1.807) is 0 Å². The first-order valence-electron chi connectivity index (χ1n) is 8.36. The molecule has 0 spiro atoms. The van der Waals surface area contributed by atoms with E-state index in [0.717, 1.165) is 61.2 Å². The van der Waals surface area contributed by atoms with Gasteiger partial charge in [-0.15, -0.1) is 0 Å². The van der Waals surface area contributed by atoms with Crippen molar-refractivity contribution in [2.45, 2.75) is 39.5 Å². The minimum absolute atomic E-state index is 0.783. The zero-order valence-electron chi connectivity index (χ0n) is 13.9. The largest absolute Gasteiger partial charge is 0.493 e. The van der Waals surface area contributed by atoms with E-state index >= 15 is 0 Å². The van der Waals surface area contributed by atoms with Crippen LogP contribution in [0.15, 0.2) is 12.1 Å². The first-order chi connectivity index (χ1) is 10.7. The standard InChI is InChI=1S/C18H28ClNO2/c1-15-13-17(19)14-16(2)18(15)22-10-6-4-3-5-7-20-8-11-21-12-9-20/h13-14H,3-12H2,1-2H3. The van der Waals surface area contributed by atoms with Gasteiger partial charge in [0.25, 0.3) is 0 Å². The van der Waals surface area contributed by atoms with Crippen molar-refractivity contribution < 1.29 is 9.47 Å². The molecule has 4 heteroatoms. The first-order valence-corrected chi connectivity index (χ1v) is 8.74. The molecular weight excluding hydrogens is 298 g/mol. The number of nitrogens with zero attached hydrogens (tertiary/aromatic N) is 1. The summed E-state index contributed by atoms with van der Waals surface area (Å²) in [6.45, 7) is 10.1. The molecule has 1 fully saturated rings. The maximum Gasteiger partial charge on any atom is 0.125 e. The van der Waals surface area contributed by atoms with Crippen molar-refractivity contribution in [3.8, 4) is 5.75 Å². The van der Waals surface area contributed by atoms with Crippen LogP contribution in [0.4, 0.5) is 0 Å². The van der Waals surface area contributed by atoms with E-state index in [1.807, 2.05) is 12.1 Å². The van der Waals surface area contributed by atoms with Gasteiger partial charge in [0.05, 0.1) is 19.8 Å². The predicted octanol–water partition coefficient (Wildman–Crippen LogP) is 4.23. The number of hydrogen-bond acceptors (Lipinski definition) is 3. The Balaban J connectivity index is 1.56. The van der Waals surface area contributed by atoms with Crippen molar-refractivity contribution in [2.24, 2.45) is 0 Å².